The number of carbonyl (C=O) groups excluding carboxylic acids is 2. The average molecular weight is 361 g/mol. The smallest absolute Gasteiger partial charge is 0.407 e. The number of amides is 2. The summed E-state index contributed by atoms with van der Waals surface area (Å²) in [7, 11) is 0. The van der Waals surface area contributed by atoms with Crippen LogP contribution in [0.3, 0.4) is 0 Å². The molecule has 2 heterocycles. The molecule has 2 rings (SSSR count). The van der Waals surface area contributed by atoms with Gasteiger partial charge in [0.2, 0.25) is 5.91 Å². The number of rotatable bonds is 7. The molecule has 0 saturated carbocycles. The highest BCUT2D eigenvalue weighted by molar-refractivity contribution is 6.30. The van der Waals surface area contributed by atoms with Crippen LogP contribution in [0.4, 0.5) is 9.18 Å². The number of halogens is 2. The molecule has 0 unspecified atom stereocenters. The van der Waals surface area contributed by atoms with E-state index in [-0.39, 0.29) is 37.9 Å². The van der Waals surface area contributed by atoms with Crippen molar-refractivity contribution in [3.63, 3.8) is 0 Å². The van der Waals surface area contributed by atoms with Crippen molar-refractivity contribution in [3.05, 3.63) is 17.4 Å². The molecule has 1 fully saturated rings. The molecule has 1 aliphatic rings. The number of nitrogens with one attached hydrogen (secondary N) is 1. The number of alkyl halides is 1. The summed E-state index contributed by atoms with van der Waals surface area (Å²) in [4.78, 5) is 25.3. The van der Waals surface area contributed by atoms with E-state index in [1.54, 1.807) is 10.9 Å². The average Bonchev–Trinajstić information content (AvgIpc) is 3.14. The Balaban J connectivity index is 1.82. The van der Waals surface area contributed by atoms with Crippen LogP contribution < -0.4 is 5.32 Å². The maximum absolute atomic E-state index is 13.7. The quantitative estimate of drug-likeness (QED) is 0.806. The number of aromatic nitrogens is 2. The highest BCUT2D eigenvalue weighted by atomic mass is 35.5. The lowest BCUT2D eigenvalue weighted by molar-refractivity contribution is -0.132. The van der Waals surface area contributed by atoms with Crippen LogP contribution >= 0.6 is 11.6 Å². The number of carbonyl (C=O) groups is 2. The van der Waals surface area contributed by atoms with Crippen LogP contribution in [0.25, 0.3) is 0 Å². The van der Waals surface area contributed by atoms with Gasteiger partial charge in [0.15, 0.2) is 0 Å². The minimum Gasteiger partial charge on any atom is -0.450 e. The first-order valence-corrected chi connectivity index (χ1v) is 8.39. The van der Waals surface area contributed by atoms with Crippen molar-refractivity contribution in [2.75, 3.05) is 19.7 Å². The van der Waals surface area contributed by atoms with Gasteiger partial charge in [-0.2, -0.15) is 5.10 Å². The fourth-order valence-electron chi connectivity index (χ4n) is 2.62. The van der Waals surface area contributed by atoms with Crippen LogP contribution in [0.5, 0.6) is 0 Å². The summed E-state index contributed by atoms with van der Waals surface area (Å²) in [6.45, 7) is 2.83. The topological polar surface area (TPSA) is 76.5 Å². The van der Waals surface area contributed by atoms with Crippen molar-refractivity contribution in [2.24, 2.45) is 0 Å². The van der Waals surface area contributed by atoms with Gasteiger partial charge in [0, 0.05) is 32.1 Å². The van der Waals surface area contributed by atoms with Crippen LogP contribution in [-0.2, 0) is 16.1 Å². The predicted molar refractivity (Wildman–Crippen MR) is 86.5 cm³/mol. The molecule has 2 amide bonds. The van der Waals surface area contributed by atoms with E-state index in [0.29, 0.717) is 18.2 Å². The van der Waals surface area contributed by atoms with Gasteiger partial charge in [0.25, 0.3) is 0 Å². The van der Waals surface area contributed by atoms with Gasteiger partial charge in [0.1, 0.15) is 6.17 Å². The first-order valence-electron chi connectivity index (χ1n) is 8.01. The number of nitrogens with zero attached hydrogens (tertiary/aromatic N) is 3. The Bertz CT molecular complexity index is 569. The van der Waals surface area contributed by atoms with Gasteiger partial charge in [-0.1, -0.05) is 18.5 Å². The Hall–Kier alpha value is -1.83. The second-order valence-corrected chi connectivity index (χ2v) is 6.16. The number of alkyl carbamates (subject to hydrolysis) is 1. The van der Waals surface area contributed by atoms with Crippen LogP contribution in [0.2, 0.25) is 5.02 Å². The number of likely N-dealkylation sites (tertiary alicyclic amines) is 1. The first kappa shape index (κ1) is 18.5. The number of ether oxygens (including phenoxy) is 1. The Morgan fingerprint density at radius 2 is 2.33 bits per heavy atom. The number of hydrogen-bond donors (Lipinski definition) is 1. The minimum absolute atomic E-state index is 0.0506. The van der Waals surface area contributed by atoms with Crippen LogP contribution in [-0.4, -0.2) is 58.6 Å². The molecule has 0 radical (unpaired) electrons. The Kier molecular flexibility index (Phi) is 6.84. The van der Waals surface area contributed by atoms with Gasteiger partial charge in [0.05, 0.1) is 30.4 Å². The SMILES string of the molecule is CCCOC(=O)NC[C@@H]1C[C@H](F)CN1C(=O)CCn1cc(Cl)cn1. The minimum atomic E-state index is -1.08. The monoisotopic (exact) mass is 360 g/mol. The first-order chi connectivity index (χ1) is 11.5. The predicted octanol–water partition coefficient (Wildman–Crippen LogP) is 2.00. The zero-order valence-corrected chi connectivity index (χ0v) is 14.3. The third-order valence-electron chi connectivity index (χ3n) is 3.76. The summed E-state index contributed by atoms with van der Waals surface area (Å²) in [6, 6.07) is -0.358. The summed E-state index contributed by atoms with van der Waals surface area (Å²) >= 11 is 5.77. The summed E-state index contributed by atoms with van der Waals surface area (Å²) in [5, 5.41) is 7.09. The molecule has 7 nitrogen and oxygen atoms in total. The third-order valence-corrected chi connectivity index (χ3v) is 3.95. The molecule has 0 bridgehead atoms. The highest BCUT2D eigenvalue weighted by Gasteiger charge is 2.35. The Labute approximate surface area is 145 Å². The summed E-state index contributed by atoms with van der Waals surface area (Å²) < 4.78 is 20.2. The summed E-state index contributed by atoms with van der Waals surface area (Å²) in [6.07, 6.45) is 2.64. The van der Waals surface area contributed by atoms with Crippen molar-refractivity contribution in [3.8, 4) is 0 Å². The fourth-order valence-corrected chi connectivity index (χ4v) is 2.78. The molecule has 0 spiro atoms. The molecule has 1 aromatic rings. The van der Waals surface area contributed by atoms with Crippen molar-refractivity contribution in [1.82, 2.24) is 20.0 Å². The standard InChI is InChI=1S/C15H22ClFN4O3/c1-2-5-24-15(23)18-8-13-6-12(17)10-21(13)14(22)3-4-20-9-11(16)7-19-20/h7,9,12-13H,2-6,8,10H2,1H3,(H,18,23)/t12-,13-/m0/s1. The maximum Gasteiger partial charge on any atom is 0.407 e. The van der Waals surface area contributed by atoms with E-state index < -0.39 is 12.3 Å². The van der Waals surface area contributed by atoms with Crippen LogP contribution in [0.1, 0.15) is 26.2 Å². The van der Waals surface area contributed by atoms with Gasteiger partial charge >= 0.3 is 6.09 Å². The van der Waals surface area contributed by atoms with Crippen molar-refractivity contribution in [2.45, 2.75) is 44.9 Å². The Morgan fingerprint density at radius 1 is 1.54 bits per heavy atom. The van der Waals surface area contributed by atoms with E-state index in [1.165, 1.54) is 11.1 Å². The third kappa shape index (κ3) is 5.36. The van der Waals surface area contributed by atoms with E-state index in [1.807, 2.05) is 6.92 Å². The second-order valence-electron chi connectivity index (χ2n) is 5.72. The zero-order chi connectivity index (χ0) is 17.5. The summed E-state index contributed by atoms with van der Waals surface area (Å²) in [5.74, 6) is -0.171. The lowest BCUT2D eigenvalue weighted by Crippen LogP contribution is -2.43. The van der Waals surface area contributed by atoms with Gasteiger partial charge in [-0.25, -0.2) is 9.18 Å². The summed E-state index contributed by atoms with van der Waals surface area (Å²) in [5.41, 5.74) is 0. The molecule has 1 aliphatic heterocycles. The van der Waals surface area contributed by atoms with E-state index in [9.17, 15) is 14.0 Å². The van der Waals surface area contributed by atoms with Gasteiger partial charge in [-0.15, -0.1) is 0 Å². The van der Waals surface area contributed by atoms with E-state index >= 15 is 0 Å². The Morgan fingerprint density at radius 3 is 3.00 bits per heavy atom. The second kappa shape index (κ2) is 8.86. The normalized spacial score (nSPS) is 20.2. The molecule has 0 aliphatic carbocycles. The lowest BCUT2D eigenvalue weighted by atomic mass is 10.2. The molecule has 24 heavy (non-hydrogen) atoms. The molecule has 1 saturated heterocycles. The van der Waals surface area contributed by atoms with Crippen LogP contribution in [0, 0.1) is 0 Å². The van der Waals surface area contributed by atoms with Crippen molar-refractivity contribution in [1.29, 1.82) is 0 Å². The van der Waals surface area contributed by atoms with E-state index in [2.05, 4.69) is 10.4 Å². The van der Waals surface area contributed by atoms with Crippen LogP contribution in [0.15, 0.2) is 12.4 Å². The fraction of sp³-hybridized carbons (Fsp3) is 0.667. The molecule has 9 heteroatoms. The van der Waals surface area contributed by atoms with Crippen molar-refractivity contribution < 1.29 is 18.7 Å². The number of aryl methyl sites for hydroxylation is 1. The van der Waals surface area contributed by atoms with Gasteiger partial charge < -0.3 is 15.0 Å². The van der Waals surface area contributed by atoms with E-state index in [0.717, 1.165) is 6.42 Å². The maximum atomic E-state index is 13.7. The largest absolute Gasteiger partial charge is 0.450 e. The number of hydrogen-bond acceptors (Lipinski definition) is 4. The van der Waals surface area contributed by atoms with E-state index in [4.69, 9.17) is 16.3 Å². The van der Waals surface area contributed by atoms with Gasteiger partial charge in [-0.05, 0) is 6.42 Å². The molecular weight excluding hydrogens is 339 g/mol. The molecule has 0 aromatic carbocycles. The highest BCUT2D eigenvalue weighted by Crippen LogP contribution is 2.21. The zero-order valence-electron chi connectivity index (χ0n) is 13.6. The van der Waals surface area contributed by atoms with Crippen molar-refractivity contribution >= 4 is 23.6 Å². The molecule has 134 valence electrons. The molecule has 1 aromatic heterocycles. The van der Waals surface area contributed by atoms with Gasteiger partial charge in [-0.3, -0.25) is 9.48 Å². The molecule has 1 N–H and O–H groups in total. The lowest BCUT2D eigenvalue weighted by Gasteiger charge is -2.24. The molecular formula is C15H22ClFN4O3. The molecule has 2 atom stereocenters.